The quantitative estimate of drug-likeness (QED) is 0.334. The van der Waals surface area contributed by atoms with E-state index in [-0.39, 0.29) is 0 Å². The Balaban J connectivity index is 1.66. The van der Waals surface area contributed by atoms with Crippen molar-refractivity contribution in [3.8, 4) is 23.0 Å². The van der Waals surface area contributed by atoms with Gasteiger partial charge in [-0.25, -0.2) is 9.67 Å². The molecular formula is C25H16N4S. The third-order valence-corrected chi connectivity index (χ3v) is 5.82. The molecular weight excluding hydrogens is 388 g/mol. The molecule has 0 aliphatic rings. The number of fused-ring (bicyclic) bond motifs is 1. The number of aromatic nitrogens is 3. The third-order valence-electron chi connectivity index (χ3n) is 4.76. The summed E-state index contributed by atoms with van der Waals surface area (Å²) in [6.45, 7) is 0. The van der Waals surface area contributed by atoms with Gasteiger partial charge in [0.25, 0.3) is 0 Å². The van der Waals surface area contributed by atoms with Gasteiger partial charge in [-0.2, -0.15) is 10.4 Å². The molecule has 0 fully saturated rings. The Morgan fingerprint density at radius 3 is 2.33 bits per heavy atom. The molecule has 0 aliphatic heterocycles. The lowest BCUT2D eigenvalue weighted by molar-refractivity contribution is 0.884. The molecule has 5 rings (SSSR count). The number of hydrogen-bond donors (Lipinski definition) is 0. The van der Waals surface area contributed by atoms with Crippen LogP contribution in [0, 0.1) is 11.3 Å². The Kier molecular flexibility index (Phi) is 4.68. The van der Waals surface area contributed by atoms with Crippen LogP contribution in [0.1, 0.15) is 10.6 Å². The average molecular weight is 404 g/mol. The van der Waals surface area contributed by atoms with E-state index in [9.17, 15) is 5.26 Å². The predicted octanol–water partition coefficient (Wildman–Crippen LogP) is 6.21. The van der Waals surface area contributed by atoms with Gasteiger partial charge in [0.05, 0.1) is 27.2 Å². The molecule has 0 amide bonds. The summed E-state index contributed by atoms with van der Waals surface area (Å²) in [4.78, 5) is 4.65. The summed E-state index contributed by atoms with van der Waals surface area (Å²) in [5.74, 6) is 0. The maximum absolute atomic E-state index is 9.87. The lowest BCUT2D eigenvalue weighted by atomic mass is 10.1. The minimum atomic E-state index is 0.529. The van der Waals surface area contributed by atoms with Gasteiger partial charge in [0, 0.05) is 17.3 Å². The summed E-state index contributed by atoms with van der Waals surface area (Å²) in [5.41, 5.74) is 5.10. The van der Waals surface area contributed by atoms with Crippen molar-refractivity contribution in [1.29, 1.82) is 5.26 Å². The van der Waals surface area contributed by atoms with Crippen molar-refractivity contribution < 1.29 is 0 Å². The van der Waals surface area contributed by atoms with Crippen molar-refractivity contribution in [2.75, 3.05) is 0 Å². The van der Waals surface area contributed by atoms with Gasteiger partial charge >= 0.3 is 0 Å². The van der Waals surface area contributed by atoms with Crippen LogP contribution in [0.15, 0.2) is 91.1 Å². The zero-order chi connectivity index (χ0) is 20.3. The zero-order valence-electron chi connectivity index (χ0n) is 15.9. The lowest BCUT2D eigenvalue weighted by Gasteiger charge is -2.00. The second-order valence-electron chi connectivity index (χ2n) is 6.74. The molecule has 0 atom stereocenters. The number of nitriles is 1. The number of nitrogens with zero attached hydrogens (tertiary/aromatic N) is 4. The van der Waals surface area contributed by atoms with Crippen molar-refractivity contribution in [3.63, 3.8) is 0 Å². The van der Waals surface area contributed by atoms with E-state index >= 15 is 0 Å². The second-order valence-corrected chi connectivity index (χ2v) is 7.77. The Bertz CT molecular complexity index is 1360. The highest BCUT2D eigenvalue weighted by molar-refractivity contribution is 7.19. The second kappa shape index (κ2) is 7.78. The summed E-state index contributed by atoms with van der Waals surface area (Å²) in [5, 5.41) is 15.4. The van der Waals surface area contributed by atoms with E-state index in [4.69, 9.17) is 5.10 Å². The molecule has 3 aromatic carbocycles. The summed E-state index contributed by atoms with van der Waals surface area (Å²) in [6, 6.07) is 30.2. The lowest BCUT2D eigenvalue weighted by Crippen LogP contribution is -1.93. The van der Waals surface area contributed by atoms with Crippen LogP contribution in [0.2, 0.25) is 0 Å². The van der Waals surface area contributed by atoms with E-state index in [0.29, 0.717) is 10.6 Å². The summed E-state index contributed by atoms with van der Waals surface area (Å²) >= 11 is 1.52. The van der Waals surface area contributed by atoms with Crippen molar-refractivity contribution in [3.05, 3.63) is 102 Å². The van der Waals surface area contributed by atoms with Gasteiger partial charge in [0.2, 0.25) is 0 Å². The van der Waals surface area contributed by atoms with E-state index in [1.54, 1.807) is 0 Å². The highest BCUT2D eigenvalue weighted by Gasteiger charge is 2.14. The highest BCUT2D eigenvalue weighted by Crippen LogP contribution is 2.31. The van der Waals surface area contributed by atoms with Crippen LogP contribution in [0.25, 0.3) is 38.8 Å². The van der Waals surface area contributed by atoms with Crippen LogP contribution in [0.4, 0.5) is 0 Å². The standard InChI is InChI=1S/C25H16N4S/c26-16-19(25-27-22-13-7-8-14-23(22)30-25)15-20-17-29(21-11-5-2-6-12-21)28-24(20)18-9-3-1-4-10-18/h1-15,17H/b19-15+. The smallest absolute Gasteiger partial charge is 0.135 e. The molecule has 2 heterocycles. The Labute approximate surface area is 178 Å². The molecule has 142 valence electrons. The van der Waals surface area contributed by atoms with Crippen LogP contribution in [-0.4, -0.2) is 14.8 Å². The maximum Gasteiger partial charge on any atom is 0.135 e. The van der Waals surface area contributed by atoms with Gasteiger partial charge < -0.3 is 0 Å². The SMILES string of the molecule is N#C/C(=C\c1cn(-c2ccccc2)nc1-c1ccccc1)c1nc2ccccc2s1. The minimum absolute atomic E-state index is 0.529. The fourth-order valence-electron chi connectivity index (χ4n) is 3.31. The van der Waals surface area contributed by atoms with Crippen LogP contribution in [-0.2, 0) is 0 Å². The van der Waals surface area contributed by atoms with Gasteiger partial charge in [-0.1, -0.05) is 60.7 Å². The molecule has 0 unspecified atom stereocenters. The van der Waals surface area contributed by atoms with Crippen LogP contribution < -0.4 is 0 Å². The molecule has 0 spiro atoms. The Morgan fingerprint density at radius 1 is 0.900 bits per heavy atom. The van der Waals surface area contributed by atoms with Crippen molar-refractivity contribution >= 4 is 33.2 Å². The van der Waals surface area contributed by atoms with E-state index in [2.05, 4.69) is 11.1 Å². The predicted molar refractivity (Wildman–Crippen MR) is 122 cm³/mol. The van der Waals surface area contributed by atoms with E-state index in [0.717, 1.165) is 32.7 Å². The number of allylic oxidation sites excluding steroid dienone is 1. The first kappa shape index (κ1) is 18.0. The summed E-state index contributed by atoms with van der Waals surface area (Å²) < 4.78 is 2.92. The van der Waals surface area contributed by atoms with Crippen LogP contribution >= 0.6 is 11.3 Å². The fraction of sp³-hybridized carbons (Fsp3) is 0. The Hall–Kier alpha value is -4.01. The zero-order valence-corrected chi connectivity index (χ0v) is 16.8. The molecule has 5 aromatic rings. The molecule has 0 saturated heterocycles. The molecule has 2 aromatic heterocycles. The maximum atomic E-state index is 9.87. The minimum Gasteiger partial charge on any atom is -0.240 e. The number of para-hydroxylation sites is 2. The molecule has 30 heavy (non-hydrogen) atoms. The van der Waals surface area contributed by atoms with E-state index in [1.165, 1.54) is 11.3 Å². The first-order valence-corrected chi connectivity index (χ1v) is 10.3. The van der Waals surface area contributed by atoms with Gasteiger partial charge in [-0.15, -0.1) is 11.3 Å². The highest BCUT2D eigenvalue weighted by atomic mass is 32.1. The number of rotatable bonds is 4. The number of hydrogen-bond acceptors (Lipinski definition) is 4. The summed E-state index contributed by atoms with van der Waals surface area (Å²) in [6.07, 6.45) is 3.84. The molecule has 0 aliphatic carbocycles. The summed E-state index contributed by atoms with van der Waals surface area (Å²) in [7, 11) is 0. The van der Waals surface area contributed by atoms with E-state index in [1.807, 2.05) is 102 Å². The van der Waals surface area contributed by atoms with Gasteiger partial charge in [-0.3, -0.25) is 0 Å². The molecule has 0 bridgehead atoms. The molecule has 0 saturated carbocycles. The number of benzene rings is 3. The van der Waals surface area contributed by atoms with Crippen molar-refractivity contribution in [1.82, 2.24) is 14.8 Å². The normalized spacial score (nSPS) is 11.5. The molecule has 5 heteroatoms. The molecule has 0 N–H and O–H groups in total. The van der Waals surface area contributed by atoms with Gasteiger partial charge in [-0.05, 0) is 30.3 Å². The first-order chi connectivity index (χ1) is 14.8. The van der Waals surface area contributed by atoms with Crippen molar-refractivity contribution in [2.45, 2.75) is 0 Å². The topological polar surface area (TPSA) is 54.5 Å². The third kappa shape index (κ3) is 3.41. The monoisotopic (exact) mass is 404 g/mol. The Morgan fingerprint density at radius 2 is 1.60 bits per heavy atom. The molecule has 4 nitrogen and oxygen atoms in total. The van der Waals surface area contributed by atoms with Gasteiger partial charge in [0.1, 0.15) is 11.1 Å². The first-order valence-electron chi connectivity index (χ1n) is 9.50. The van der Waals surface area contributed by atoms with E-state index < -0.39 is 0 Å². The van der Waals surface area contributed by atoms with Gasteiger partial charge in [0.15, 0.2) is 0 Å². The van der Waals surface area contributed by atoms with Crippen LogP contribution in [0.3, 0.4) is 0 Å². The number of thiazole rings is 1. The largest absolute Gasteiger partial charge is 0.240 e. The fourth-order valence-corrected chi connectivity index (χ4v) is 4.24. The molecule has 0 radical (unpaired) electrons. The van der Waals surface area contributed by atoms with Crippen LogP contribution in [0.5, 0.6) is 0 Å². The van der Waals surface area contributed by atoms with Crippen molar-refractivity contribution in [2.24, 2.45) is 0 Å². The average Bonchev–Trinajstić information content (AvgIpc) is 3.43.